The van der Waals surface area contributed by atoms with Crippen molar-refractivity contribution in [2.24, 2.45) is 0 Å². The van der Waals surface area contributed by atoms with Crippen LogP contribution in [0.2, 0.25) is 0 Å². The van der Waals surface area contributed by atoms with Gasteiger partial charge in [0.15, 0.2) is 0 Å². The summed E-state index contributed by atoms with van der Waals surface area (Å²) >= 11 is 2.71. The van der Waals surface area contributed by atoms with Gasteiger partial charge in [-0.2, -0.15) is 0 Å². The normalized spacial score (nSPS) is 13.1. The van der Waals surface area contributed by atoms with E-state index < -0.39 is 23.1 Å². The number of rotatable bonds is 12. The third-order valence-electron chi connectivity index (χ3n) is 8.19. The minimum absolute atomic E-state index is 0.0406. The number of aromatic carboxylic acids is 1. The zero-order valence-electron chi connectivity index (χ0n) is 27.3. The number of hydrogen-bond acceptors (Lipinski definition) is 8. The Morgan fingerprint density at radius 3 is 2.30 bits per heavy atom. The van der Waals surface area contributed by atoms with E-state index in [2.05, 4.69) is 27.7 Å². The van der Waals surface area contributed by atoms with Gasteiger partial charge >= 0.3 is 11.9 Å². The Bertz CT molecular complexity index is 2020. The Hall–Kier alpha value is -5.23. The lowest BCUT2D eigenvalue weighted by Crippen LogP contribution is -2.30. The van der Waals surface area contributed by atoms with Crippen LogP contribution in [-0.2, 0) is 29.0 Å². The predicted octanol–water partition coefficient (Wildman–Crippen LogP) is 7.91. The fourth-order valence-corrected chi connectivity index (χ4v) is 8.23. The van der Waals surface area contributed by atoms with Crippen LogP contribution in [0.3, 0.4) is 0 Å². The monoisotopic (exact) mass is 705 g/mol. The molecule has 9 nitrogen and oxygen atoms in total. The van der Waals surface area contributed by atoms with Crippen LogP contribution < -0.4 is 10.6 Å². The molecule has 0 saturated carbocycles. The molecule has 1 aromatic heterocycles. The van der Waals surface area contributed by atoms with E-state index in [4.69, 9.17) is 4.74 Å². The number of anilines is 2. The van der Waals surface area contributed by atoms with Crippen molar-refractivity contribution in [1.29, 1.82) is 0 Å². The summed E-state index contributed by atoms with van der Waals surface area (Å²) in [5, 5.41) is 15.2. The molecule has 0 bridgehead atoms. The molecule has 0 spiro atoms. The fourth-order valence-electron chi connectivity index (χ4n) is 5.87. The minimum atomic E-state index is -1.20. The molecule has 11 heteroatoms. The second-order valence-electron chi connectivity index (χ2n) is 11.6. The zero-order valence-corrected chi connectivity index (χ0v) is 28.9. The Morgan fingerprint density at radius 2 is 1.58 bits per heavy atom. The van der Waals surface area contributed by atoms with E-state index >= 15 is 0 Å². The number of thiophene rings is 1. The predicted molar refractivity (Wildman–Crippen MR) is 196 cm³/mol. The first kappa shape index (κ1) is 34.6. The van der Waals surface area contributed by atoms with Gasteiger partial charge in [0, 0.05) is 35.1 Å². The minimum Gasteiger partial charge on any atom is -0.478 e. The van der Waals surface area contributed by atoms with Gasteiger partial charge in [-0.25, -0.2) is 9.59 Å². The van der Waals surface area contributed by atoms with Gasteiger partial charge in [-0.15, -0.1) is 23.1 Å². The molecule has 2 heterocycles. The van der Waals surface area contributed by atoms with E-state index in [-0.39, 0.29) is 23.6 Å². The molecular weight excluding hydrogens is 671 g/mol. The highest BCUT2D eigenvalue weighted by atomic mass is 32.2. The van der Waals surface area contributed by atoms with E-state index in [1.807, 2.05) is 54.6 Å². The van der Waals surface area contributed by atoms with Crippen molar-refractivity contribution in [3.05, 3.63) is 147 Å². The first-order chi connectivity index (χ1) is 24.3. The third kappa shape index (κ3) is 8.14. The van der Waals surface area contributed by atoms with E-state index in [0.717, 1.165) is 29.1 Å². The van der Waals surface area contributed by atoms with Crippen molar-refractivity contribution < 1.29 is 29.0 Å². The molecule has 4 aromatic carbocycles. The molecule has 0 fully saturated rings. The lowest BCUT2D eigenvalue weighted by molar-refractivity contribution is -0.115. The highest BCUT2D eigenvalue weighted by Crippen LogP contribution is 2.41. The molecule has 1 aliphatic heterocycles. The maximum atomic E-state index is 14.2. The molecule has 50 heavy (non-hydrogen) atoms. The quantitative estimate of drug-likeness (QED) is 0.0884. The summed E-state index contributed by atoms with van der Waals surface area (Å²) in [7, 11) is 0. The molecule has 1 atom stereocenters. The van der Waals surface area contributed by atoms with Crippen LogP contribution in [0.4, 0.5) is 10.7 Å². The summed E-state index contributed by atoms with van der Waals surface area (Å²) in [5.74, 6) is -2.51. The number of nitrogens with zero attached hydrogens (tertiary/aromatic N) is 1. The van der Waals surface area contributed by atoms with Gasteiger partial charge in [0.05, 0.1) is 23.3 Å². The number of carboxylic acids is 1. The number of fused-ring (bicyclic) bond motifs is 1. The largest absolute Gasteiger partial charge is 0.478 e. The Morgan fingerprint density at radius 1 is 0.880 bits per heavy atom. The zero-order chi connectivity index (χ0) is 35.0. The molecule has 2 amide bonds. The first-order valence-electron chi connectivity index (χ1n) is 16.1. The van der Waals surface area contributed by atoms with Gasteiger partial charge in [-0.1, -0.05) is 78.9 Å². The summed E-state index contributed by atoms with van der Waals surface area (Å²) in [4.78, 5) is 56.3. The number of ether oxygens (including phenoxy) is 1. The highest BCUT2D eigenvalue weighted by molar-refractivity contribution is 8.00. The average molecular weight is 706 g/mol. The summed E-state index contributed by atoms with van der Waals surface area (Å²) in [6.07, 6.45) is 0.662. The summed E-state index contributed by atoms with van der Waals surface area (Å²) in [6, 6.07) is 32.6. The summed E-state index contributed by atoms with van der Waals surface area (Å²) in [5.41, 5.74) is 3.70. The lowest BCUT2D eigenvalue weighted by atomic mass is 10.0. The van der Waals surface area contributed by atoms with Crippen molar-refractivity contribution in [1.82, 2.24) is 4.90 Å². The number of esters is 1. The Kier molecular flexibility index (Phi) is 11.1. The number of carbonyl (C=O) groups is 4. The summed E-state index contributed by atoms with van der Waals surface area (Å²) in [6.45, 7) is 4.19. The van der Waals surface area contributed by atoms with Crippen molar-refractivity contribution in [2.45, 2.75) is 36.6 Å². The molecule has 0 aliphatic carbocycles. The van der Waals surface area contributed by atoms with Crippen LogP contribution in [0.15, 0.2) is 114 Å². The first-order valence-corrected chi connectivity index (χ1v) is 17.8. The highest BCUT2D eigenvalue weighted by Gasteiger charge is 2.31. The van der Waals surface area contributed by atoms with Gasteiger partial charge in [0.2, 0.25) is 5.91 Å². The van der Waals surface area contributed by atoms with Gasteiger partial charge in [-0.3, -0.25) is 14.5 Å². The fraction of sp³-hybridized carbons (Fsp3) is 0.179. The van der Waals surface area contributed by atoms with Gasteiger partial charge in [-0.05, 0) is 60.4 Å². The maximum absolute atomic E-state index is 14.2. The molecule has 1 unspecified atom stereocenters. The van der Waals surface area contributed by atoms with Crippen molar-refractivity contribution >= 4 is 57.5 Å². The van der Waals surface area contributed by atoms with Crippen LogP contribution in [0.1, 0.15) is 64.8 Å². The molecule has 254 valence electrons. The number of nitrogens with one attached hydrogen (secondary N) is 2. The lowest BCUT2D eigenvalue weighted by Gasteiger charge is -2.27. The van der Waals surface area contributed by atoms with E-state index in [9.17, 15) is 24.3 Å². The SMILES string of the molecule is CCOC(=O)c1c(NC(=O)C(Sc2cccc(NC(=O)c3ccccc3C(=O)O)c2)c2ccccc2)sc2c1CCN(Cc1ccccc1)C2. The Labute approximate surface area is 298 Å². The van der Waals surface area contributed by atoms with Crippen molar-refractivity contribution in [3.63, 3.8) is 0 Å². The second kappa shape index (κ2) is 16.0. The van der Waals surface area contributed by atoms with Gasteiger partial charge in [0.1, 0.15) is 10.3 Å². The standard InChI is InChI=1S/C39H35N3O6S2/c1-2-48-39(47)33-31-20-21-42(23-25-12-5-3-6-13-25)24-32(31)50-37(33)41-36(44)34(26-14-7-4-8-15-26)49-28-17-11-16-27(22-28)40-35(43)29-18-9-10-19-30(29)38(45)46/h3-19,22,34H,2,20-21,23-24H2,1H3,(H,40,43)(H,41,44)(H,45,46). The van der Waals surface area contributed by atoms with Crippen LogP contribution in [0, 0.1) is 0 Å². The van der Waals surface area contributed by atoms with Crippen molar-refractivity contribution in [2.75, 3.05) is 23.8 Å². The van der Waals surface area contributed by atoms with Gasteiger partial charge < -0.3 is 20.5 Å². The number of benzene rings is 4. The third-order valence-corrected chi connectivity index (χ3v) is 10.6. The van der Waals surface area contributed by atoms with E-state index in [0.29, 0.717) is 34.1 Å². The van der Waals surface area contributed by atoms with Crippen molar-refractivity contribution in [3.8, 4) is 0 Å². The number of carbonyl (C=O) groups excluding carboxylic acids is 3. The topological polar surface area (TPSA) is 125 Å². The molecular formula is C39H35N3O6S2. The Balaban J connectivity index is 1.25. The maximum Gasteiger partial charge on any atom is 0.341 e. The molecule has 0 radical (unpaired) electrons. The molecule has 1 aliphatic rings. The van der Waals surface area contributed by atoms with E-state index in [1.165, 1.54) is 40.8 Å². The number of hydrogen-bond donors (Lipinski definition) is 3. The molecule has 0 saturated heterocycles. The molecule has 3 N–H and O–H groups in total. The number of thioether (sulfide) groups is 1. The number of carboxylic acid groups (broad SMARTS) is 1. The molecule has 6 rings (SSSR count). The van der Waals surface area contributed by atoms with Crippen LogP contribution in [0.5, 0.6) is 0 Å². The van der Waals surface area contributed by atoms with Gasteiger partial charge in [0.25, 0.3) is 5.91 Å². The average Bonchev–Trinajstić information content (AvgIpc) is 3.48. The van der Waals surface area contributed by atoms with Crippen LogP contribution in [0.25, 0.3) is 0 Å². The van der Waals surface area contributed by atoms with Crippen LogP contribution in [-0.4, -0.2) is 46.9 Å². The smallest absolute Gasteiger partial charge is 0.341 e. The van der Waals surface area contributed by atoms with E-state index in [1.54, 1.807) is 37.3 Å². The van der Waals surface area contributed by atoms with Crippen LogP contribution >= 0.6 is 23.1 Å². The summed E-state index contributed by atoms with van der Waals surface area (Å²) < 4.78 is 5.47. The second-order valence-corrected chi connectivity index (χ2v) is 13.9. The molecule has 5 aromatic rings. The number of amides is 2.